The molecular weight excluding hydrogens is 310 g/mol. The number of methoxy groups -OCH3 is 1. The predicted octanol–water partition coefficient (Wildman–Crippen LogP) is 0.613. The minimum absolute atomic E-state index is 0.165. The number of ether oxygens (including phenoxy) is 1. The first-order valence-electron chi connectivity index (χ1n) is 8.14. The van der Waals surface area contributed by atoms with Crippen LogP contribution < -0.4 is 15.5 Å². The molecule has 0 atom stereocenters. The molecule has 2 aliphatic heterocycles. The molecule has 128 valence electrons. The highest BCUT2D eigenvalue weighted by atomic mass is 16.5. The van der Waals surface area contributed by atoms with E-state index in [9.17, 15) is 14.4 Å². The van der Waals surface area contributed by atoms with Crippen LogP contribution in [0.15, 0.2) is 12.1 Å². The van der Waals surface area contributed by atoms with Crippen LogP contribution in [0.25, 0.3) is 0 Å². The van der Waals surface area contributed by atoms with Crippen molar-refractivity contribution in [2.24, 2.45) is 0 Å². The van der Waals surface area contributed by atoms with Crippen molar-refractivity contribution in [3.8, 4) is 0 Å². The van der Waals surface area contributed by atoms with Crippen molar-refractivity contribution in [1.29, 1.82) is 0 Å². The number of hydrogen-bond donors (Lipinski definition) is 2. The zero-order valence-electron chi connectivity index (χ0n) is 13.7. The zero-order chi connectivity index (χ0) is 17.1. The summed E-state index contributed by atoms with van der Waals surface area (Å²) in [6.45, 7) is 1.40. The number of amides is 3. The molecule has 0 unspecified atom stereocenters. The molecule has 0 spiro atoms. The van der Waals surface area contributed by atoms with Gasteiger partial charge in [0.25, 0.3) is 0 Å². The normalized spacial score (nSPS) is 15.7. The second-order valence-corrected chi connectivity index (χ2v) is 5.99. The molecule has 0 radical (unpaired) electrons. The molecule has 0 bridgehead atoms. The fraction of sp³-hybridized carbons (Fsp3) is 0.471. The van der Waals surface area contributed by atoms with Gasteiger partial charge in [-0.2, -0.15) is 0 Å². The first-order chi connectivity index (χ1) is 11.6. The summed E-state index contributed by atoms with van der Waals surface area (Å²) in [6.07, 6.45) is 2.94. The Morgan fingerprint density at radius 1 is 1.17 bits per heavy atom. The lowest BCUT2D eigenvalue weighted by atomic mass is 9.91. The summed E-state index contributed by atoms with van der Waals surface area (Å²) >= 11 is 0. The highest BCUT2D eigenvalue weighted by molar-refractivity contribution is 6.39. The van der Waals surface area contributed by atoms with Crippen molar-refractivity contribution >= 4 is 29.1 Å². The average molecular weight is 331 g/mol. The molecular formula is C17H21N3O4. The molecule has 7 nitrogen and oxygen atoms in total. The summed E-state index contributed by atoms with van der Waals surface area (Å²) in [7, 11) is 1.53. The molecule has 0 saturated heterocycles. The van der Waals surface area contributed by atoms with Gasteiger partial charge in [-0.15, -0.1) is 0 Å². The molecule has 24 heavy (non-hydrogen) atoms. The number of aryl methyl sites for hydroxylation is 2. The molecule has 0 fully saturated rings. The van der Waals surface area contributed by atoms with Crippen LogP contribution in [0.5, 0.6) is 0 Å². The van der Waals surface area contributed by atoms with Gasteiger partial charge in [0.2, 0.25) is 5.91 Å². The van der Waals surface area contributed by atoms with Gasteiger partial charge in [-0.25, -0.2) is 0 Å². The van der Waals surface area contributed by atoms with E-state index in [2.05, 4.69) is 10.6 Å². The monoisotopic (exact) mass is 331 g/mol. The maximum Gasteiger partial charge on any atom is 0.313 e. The highest BCUT2D eigenvalue weighted by Crippen LogP contribution is 2.37. The van der Waals surface area contributed by atoms with Gasteiger partial charge < -0.3 is 20.3 Å². The van der Waals surface area contributed by atoms with E-state index in [4.69, 9.17) is 4.74 Å². The van der Waals surface area contributed by atoms with E-state index in [0.29, 0.717) is 25.1 Å². The first kappa shape index (κ1) is 16.4. The van der Waals surface area contributed by atoms with Crippen molar-refractivity contribution < 1.29 is 19.1 Å². The number of nitrogens with zero attached hydrogens (tertiary/aromatic N) is 1. The molecule has 0 saturated carbocycles. The van der Waals surface area contributed by atoms with Crippen LogP contribution in [0.2, 0.25) is 0 Å². The maximum absolute atomic E-state index is 12.0. The van der Waals surface area contributed by atoms with Crippen LogP contribution >= 0.6 is 0 Å². The number of hydrogen-bond acceptors (Lipinski definition) is 4. The summed E-state index contributed by atoms with van der Waals surface area (Å²) in [6, 6.07) is 3.73. The third-order valence-corrected chi connectivity index (χ3v) is 4.33. The van der Waals surface area contributed by atoms with Crippen molar-refractivity contribution in [3.63, 3.8) is 0 Å². The Hall–Kier alpha value is -2.41. The van der Waals surface area contributed by atoms with Gasteiger partial charge in [-0.3, -0.25) is 14.4 Å². The van der Waals surface area contributed by atoms with E-state index in [1.807, 2.05) is 17.0 Å². The zero-order valence-corrected chi connectivity index (χ0v) is 13.7. The predicted molar refractivity (Wildman–Crippen MR) is 89.0 cm³/mol. The Labute approximate surface area is 140 Å². The maximum atomic E-state index is 12.0. The Morgan fingerprint density at radius 2 is 1.92 bits per heavy atom. The molecule has 1 aromatic rings. The van der Waals surface area contributed by atoms with Crippen LogP contribution in [-0.4, -0.2) is 44.5 Å². The third kappa shape index (κ3) is 3.26. The van der Waals surface area contributed by atoms with Gasteiger partial charge in [0.1, 0.15) is 0 Å². The molecule has 3 amide bonds. The molecule has 7 heteroatoms. The summed E-state index contributed by atoms with van der Waals surface area (Å²) in [5, 5.41) is 5.14. The van der Waals surface area contributed by atoms with Crippen LogP contribution in [0.4, 0.5) is 11.4 Å². The number of rotatable bonds is 4. The van der Waals surface area contributed by atoms with Gasteiger partial charge in [0.15, 0.2) is 0 Å². The summed E-state index contributed by atoms with van der Waals surface area (Å²) in [5.41, 5.74) is 3.72. The Kier molecular flexibility index (Phi) is 4.80. The van der Waals surface area contributed by atoms with E-state index < -0.39 is 11.8 Å². The average Bonchev–Trinajstić information content (AvgIpc) is 2.58. The first-order valence-corrected chi connectivity index (χ1v) is 8.14. The number of nitrogens with one attached hydrogen (secondary N) is 2. The largest absolute Gasteiger partial charge is 0.383 e. The molecule has 2 aliphatic rings. The lowest BCUT2D eigenvalue weighted by Crippen LogP contribution is -2.39. The van der Waals surface area contributed by atoms with Crippen LogP contribution in [-0.2, 0) is 32.0 Å². The Balaban J connectivity index is 1.75. The van der Waals surface area contributed by atoms with Gasteiger partial charge >= 0.3 is 11.8 Å². The molecule has 0 aliphatic carbocycles. The van der Waals surface area contributed by atoms with E-state index in [-0.39, 0.29) is 12.5 Å². The van der Waals surface area contributed by atoms with Gasteiger partial charge in [0.05, 0.1) is 12.3 Å². The number of anilines is 2. The molecule has 2 N–H and O–H groups in total. The highest BCUT2D eigenvalue weighted by Gasteiger charge is 2.29. The van der Waals surface area contributed by atoms with Crippen LogP contribution in [0.3, 0.4) is 0 Å². The van der Waals surface area contributed by atoms with E-state index in [1.165, 1.54) is 7.11 Å². The SMILES string of the molecule is COCCNC(=O)C(=O)Nc1cc2c3c(c1)CCC(=O)N3CCC2. The lowest BCUT2D eigenvalue weighted by Gasteiger charge is -2.35. The Bertz CT molecular complexity index is 669. The lowest BCUT2D eigenvalue weighted by molar-refractivity contribution is -0.136. The minimum Gasteiger partial charge on any atom is -0.383 e. The molecule has 2 heterocycles. The van der Waals surface area contributed by atoms with Crippen LogP contribution in [0.1, 0.15) is 24.0 Å². The van der Waals surface area contributed by atoms with E-state index in [0.717, 1.165) is 36.2 Å². The molecule has 0 aromatic heterocycles. The van der Waals surface area contributed by atoms with Gasteiger partial charge in [-0.1, -0.05) is 0 Å². The number of benzene rings is 1. The van der Waals surface area contributed by atoms with Gasteiger partial charge in [0, 0.05) is 32.3 Å². The fourth-order valence-electron chi connectivity index (χ4n) is 3.26. The minimum atomic E-state index is -0.696. The van der Waals surface area contributed by atoms with Crippen molar-refractivity contribution in [3.05, 3.63) is 23.3 Å². The third-order valence-electron chi connectivity index (χ3n) is 4.33. The second-order valence-electron chi connectivity index (χ2n) is 5.99. The second kappa shape index (κ2) is 7.00. The topological polar surface area (TPSA) is 87.7 Å². The summed E-state index contributed by atoms with van der Waals surface area (Å²) in [5.74, 6) is -1.22. The van der Waals surface area contributed by atoms with E-state index >= 15 is 0 Å². The number of carbonyl (C=O) groups excluding carboxylic acids is 3. The summed E-state index contributed by atoms with van der Waals surface area (Å²) in [4.78, 5) is 37.6. The van der Waals surface area contributed by atoms with Crippen molar-refractivity contribution in [2.45, 2.75) is 25.7 Å². The Morgan fingerprint density at radius 3 is 2.67 bits per heavy atom. The smallest absolute Gasteiger partial charge is 0.313 e. The fourth-order valence-corrected chi connectivity index (χ4v) is 3.26. The van der Waals surface area contributed by atoms with Crippen molar-refractivity contribution in [2.75, 3.05) is 37.0 Å². The summed E-state index contributed by atoms with van der Waals surface area (Å²) < 4.78 is 4.83. The van der Waals surface area contributed by atoms with Gasteiger partial charge in [-0.05, 0) is 42.5 Å². The van der Waals surface area contributed by atoms with E-state index in [1.54, 1.807) is 0 Å². The quantitative estimate of drug-likeness (QED) is 0.625. The molecule has 3 rings (SSSR count). The number of carbonyl (C=O) groups is 3. The molecule has 1 aromatic carbocycles. The van der Waals surface area contributed by atoms with Crippen LogP contribution in [0, 0.1) is 0 Å². The standard InChI is InChI=1S/C17H21N3O4/c1-24-8-6-18-16(22)17(23)19-13-9-11-3-2-7-20-14(21)5-4-12(10-13)15(11)20/h9-10H,2-8H2,1H3,(H,18,22)(H,19,23). The van der Waals surface area contributed by atoms with Crippen molar-refractivity contribution in [1.82, 2.24) is 5.32 Å².